The molecule has 29 heavy (non-hydrogen) atoms. The van der Waals surface area contributed by atoms with Crippen molar-refractivity contribution in [3.63, 3.8) is 0 Å². The average Bonchev–Trinajstić information content (AvgIpc) is 2.70. The molecule has 1 aliphatic heterocycles. The Kier molecular flexibility index (Phi) is 6.63. The van der Waals surface area contributed by atoms with Crippen molar-refractivity contribution in [2.45, 2.75) is 31.6 Å². The summed E-state index contributed by atoms with van der Waals surface area (Å²) < 4.78 is 32.4. The van der Waals surface area contributed by atoms with Crippen LogP contribution in [0.3, 0.4) is 0 Å². The summed E-state index contributed by atoms with van der Waals surface area (Å²) in [4.78, 5) is 13.0. The monoisotopic (exact) mass is 436 g/mol. The van der Waals surface area contributed by atoms with E-state index in [1.54, 1.807) is 0 Å². The molecule has 2 aromatic carbocycles. The van der Waals surface area contributed by atoms with Crippen LogP contribution >= 0.6 is 11.6 Å². The smallest absolute Gasteiger partial charge is 0.257 e. The molecular formula is C21H25ClN2O4S. The maximum Gasteiger partial charge on any atom is 0.257 e. The molecular weight excluding hydrogens is 412 g/mol. The Morgan fingerprint density at radius 1 is 1.17 bits per heavy atom. The van der Waals surface area contributed by atoms with Crippen LogP contribution in [0.4, 0.5) is 5.69 Å². The van der Waals surface area contributed by atoms with E-state index in [0.29, 0.717) is 13.2 Å². The van der Waals surface area contributed by atoms with Crippen molar-refractivity contribution < 1.29 is 17.9 Å². The lowest BCUT2D eigenvalue weighted by atomic mass is 9.98. The molecule has 1 heterocycles. The molecule has 8 heteroatoms. The molecule has 1 saturated heterocycles. The number of morpholine rings is 1. The summed E-state index contributed by atoms with van der Waals surface area (Å²) in [6.45, 7) is 7.29. The second-order valence-corrected chi connectivity index (χ2v) is 9.65. The molecule has 6 nitrogen and oxygen atoms in total. The van der Waals surface area contributed by atoms with Gasteiger partial charge in [0, 0.05) is 18.8 Å². The van der Waals surface area contributed by atoms with Gasteiger partial charge in [-0.3, -0.25) is 4.79 Å². The maximum atomic E-state index is 13.0. The number of benzene rings is 2. The Hall–Kier alpha value is -1.93. The minimum Gasteiger partial charge on any atom is -0.379 e. The lowest BCUT2D eigenvalue weighted by Crippen LogP contribution is -2.40. The zero-order valence-electron chi connectivity index (χ0n) is 16.7. The number of anilines is 1. The summed E-state index contributed by atoms with van der Waals surface area (Å²) in [5.41, 5.74) is 2.79. The van der Waals surface area contributed by atoms with Crippen LogP contribution in [0.15, 0.2) is 41.3 Å². The number of hydrogen-bond acceptors (Lipinski definition) is 4. The molecule has 0 atom stereocenters. The first kappa shape index (κ1) is 21.8. The van der Waals surface area contributed by atoms with Crippen molar-refractivity contribution in [3.8, 4) is 0 Å². The van der Waals surface area contributed by atoms with Crippen LogP contribution in [0.5, 0.6) is 0 Å². The molecule has 3 rings (SSSR count). The maximum absolute atomic E-state index is 13.0. The number of rotatable bonds is 5. The molecule has 1 aliphatic rings. The van der Waals surface area contributed by atoms with Gasteiger partial charge in [-0.2, -0.15) is 4.31 Å². The quantitative estimate of drug-likeness (QED) is 0.767. The molecule has 1 fully saturated rings. The van der Waals surface area contributed by atoms with Crippen molar-refractivity contribution in [2.24, 2.45) is 0 Å². The number of halogens is 1. The van der Waals surface area contributed by atoms with Gasteiger partial charge in [0.15, 0.2) is 0 Å². The number of sulfonamides is 1. The Labute approximate surface area is 176 Å². The van der Waals surface area contributed by atoms with Gasteiger partial charge < -0.3 is 10.1 Å². The van der Waals surface area contributed by atoms with Crippen LogP contribution < -0.4 is 5.32 Å². The number of hydrogen-bond donors (Lipinski definition) is 1. The van der Waals surface area contributed by atoms with Crippen molar-refractivity contribution in [1.82, 2.24) is 4.31 Å². The molecule has 0 spiro atoms. The van der Waals surface area contributed by atoms with Crippen molar-refractivity contribution in [1.29, 1.82) is 0 Å². The lowest BCUT2D eigenvalue weighted by molar-refractivity contribution is 0.0730. The minimum atomic E-state index is -3.72. The Morgan fingerprint density at radius 2 is 1.86 bits per heavy atom. The molecule has 2 aromatic rings. The first-order valence-corrected chi connectivity index (χ1v) is 11.3. The molecule has 0 unspecified atom stereocenters. The van der Waals surface area contributed by atoms with Gasteiger partial charge in [-0.1, -0.05) is 43.6 Å². The molecule has 0 bridgehead atoms. The predicted octanol–water partition coefficient (Wildman–Crippen LogP) is 4.05. The fraction of sp³-hybridized carbons (Fsp3) is 0.381. The molecule has 0 aliphatic carbocycles. The average molecular weight is 437 g/mol. The van der Waals surface area contributed by atoms with Crippen LogP contribution in [-0.2, 0) is 14.8 Å². The van der Waals surface area contributed by atoms with Crippen LogP contribution in [0.2, 0.25) is 5.02 Å². The van der Waals surface area contributed by atoms with E-state index in [1.807, 2.05) is 39.0 Å². The van der Waals surface area contributed by atoms with E-state index >= 15 is 0 Å². The normalized spacial score (nSPS) is 15.5. The summed E-state index contributed by atoms with van der Waals surface area (Å²) in [5, 5.41) is 3.12. The molecule has 0 saturated carbocycles. The van der Waals surface area contributed by atoms with Gasteiger partial charge in [-0.25, -0.2) is 8.42 Å². The van der Waals surface area contributed by atoms with E-state index in [4.69, 9.17) is 16.3 Å². The van der Waals surface area contributed by atoms with Gasteiger partial charge in [-0.15, -0.1) is 0 Å². The number of nitrogens with zero attached hydrogens (tertiary/aromatic N) is 1. The second kappa shape index (κ2) is 8.83. The Morgan fingerprint density at radius 3 is 2.52 bits per heavy atom. The molecule has 156 valence electrons. The largest absolute Gasteiger partial charge is 0.379 e. The number of carbonyl (C=O) groups excluding carboxylic acids is 1. The minimum absolute atomic E-state index is 0.0443. The topological polar surface area (TPSA) is 75.7 Å². The number of amides is 1. The van der Waals surface area contributed by atoms with E-state index in [1.165, 1.54) is 22.5 Å². The third-order valence-electron chi connectivity index (χ3n) is 4.96. The van der Waals surface area contributed by atoms with Crippen molar-refractivity contribution in [2.75, 3.05) is 31.6 Å². The zero-order chi connectivity index (χ0) is 21.2. The summed E-state index contributed by atoms with van der Waals surface area (Å²) >= 11 is 6.25. The first-order valence-electron chi connectivity index (χ1n) is 9.50. The van der Waals surface area contributed by atoms with E-state index in [2.05, 4.69) is 5.32 Å². The summed E-state index contributed by atoms with van der Waals surface area (Å²) in [7, 11) is -3.72. The van der Waals surface area contributed by atoms with Gasteiger partial charge >= 0.3 is 0 Å². The molecule has 1 amide bonds. The van der Waals surface area contributed by atoms with Gasteiger partial charge in [0.25, 0.3) is 5.91 Å². The Balaban J connectivity index is 1.94. The van der Waals surface area contributed by atoms with Crippen LogP contribution in [0.1, 0.15) is 41.3 Å². The van der Waals surface area contributed by atoms with Gasteiger partial charge in [0.1, 0.15) is 0 Å². The predicted molar refractivity (Wildman–Crippen MR) is 114 cm³/mol. The van der Waals surface area contributed by atoms with Crippen LogP contribution in [0, 0.1) is 6.92 Å². The zero-order valence-corrected chi connectivity index (χ0v) is 18.3. The van der Waals surface area contributed by atoms with E-state index < -0.39 is 15.9 Å². The standard InChI is InChI=1S/C21H25ClN2O4S/c1-14(2)17-6-4-5-15(3)20(17)23-21(25)18-13-16(7-8-19(18)22)29(26,27)24-9-11-28-12-10-24/h4-8,13-14H,9-12H2,1-3H3,(H,23,25). The van der Waals surface area contributed by atoms with E-state index in [0.717, 1.165) is 16.8 Å². The fourth-order valence-electron chi connectivity index (χ4n) is 3.30. The molecule has 0 aromatic heterocycles. The highest BCUT2D eigenvalue weighted by molar-refractivity contribution is 7.89. The Bertz CT molecular complexity index is 1020. The van der Waals surface area contributed by atoms with E-state index in [9.17, 15) is 13.2 Å². The van der Waals surface area contributed by atoms with Crippen LogP contribution in [-0.4, -0.2) is 44.9 Å². The molecule has 0 radical (unpaired) electrons. The number of ether oxygens (including phenoxy) is 1. The first-order chi connectivity index (χ1) is 13.7. The summed E-state index contributed by atoms with van der Waals surface area (Å²) in [6, 6.07) is 10.1. The molecule has 1 N–H and O–H groups in total. The lowest BCUT2D eigenvalue weighted by Gasteiger charge is -2.26. The second-order valence-electron chi connectivity index (χ2n) is 7.31. The van der Waals surface area contributed by atoms with Gasteiger partial charge in [0.05, 0.1) is 28.7 Å². The summed E-state index contributed by atoms with van der Waals surface area (Å²) in [5.74, 6) is -0.223. The van der Waals surface area contributed by atoms with E-state index in [-0.39, 0.29) is 34.5 Å². The van der Waals surface area contributed by atoms with Gasteiger partial charge in [-0.05, 0) is 42.2 Å². The summed E-state index contributed by atoms with van der Waals surface area (Å²) in [6.07, 6.45) is 0. The highest BCUT2D eigenvalue weighted by Crippen LogP contribution is 2.29. The fourth-order valence-corrected chi connectivity index (χ4v) is 4.94. The third kappa shape index (κ3) is 4.64. The highest BCUT2D eigenvalue weighted by Gasteiger charge is 2.28. The highest BCUT2D eigenvalue weighted by atomic mass is 35.5. The van der Waals surface area contributed by atoms with Crippen molar-refractivity contribution in [3.05, 3.63) is 58.1 Å². The number of nitrogens with one attached hydrogen (secondary N) is 1. The number of carbonyl (C=O) groups is 1. The SMILES string of the molecule is Cc1cccc(C(C)C)c1NC(=O)c1cc(S(=O)(=O)N2CCOCC2)ccc1Cl. The number of para-hydroxylation sites is 1. The van der Waals surface area contributed by atoms with Crippen molar-refractivity contribution >= 4 is 33.2 Å². The third-order valence-corrected chi connectivity index (χ3v) is 7.18. The number of aryl methyl sites for hydroxylation is 1. The van der Waals surface area contributed by atoms with Crippen LogP contribution in [0.25, 0.3) is 0 Å². The van der Waals surface area contributed by atoms with Gasteiger partial charge in [0.2, 0.25) is 10.0 Å².